The Morgan fingerprint density at radius 2 is 1.90 bits per heavy atom. The van der Waals surface area contributed by atoms with Gasteiger partial charge in [-0.15, -0.1) is 0 Å². The van der Waals surface area contributed by atoms with E-state index in [1.165, 1.54) is 24.3 Å². The van der Waals surface area contributed by atoms with E-state index in [4.69, 9.17) is 9.47 Å². The molecule has 1 N–H and O–H groups in total. The van der Waals surface area contributed by atoms with Crippen molar-refractivity contribution < 1.29 is 27.8 Å². The van der Waals surface area contributed by atoms with E-state index in [2.05, 4.69) is 10.1 Å². The van der Waals surface area contributed by atoms with E-state index in [1.807, 2.05) is 0 Å². The van der Waals surface area contributed by atoms with Gasteiger partial charge in [-0.2, -0.15) is 8.78 Å². The van der Waals surface area contributed by atoms with Crippen molar-refractivity contribution in [2.75, 3.05) is 33.5 Å². The Morgan fingerprint density at radius 3 is 2.52 bits per heavy atom. The molecule has 21 heavy (non-hydrogen) atoms. The van der Waals surface area contributed by atoms with Crippen LogP contribution in [0, 0.1) is 0 Å². The van der Waals surface area contributed by atoms with Gasteiger partial charge < -0.3 is 19.5 Å². The Kier molecular flexibility index (Phi) is 8.30. The van der Waals surface area contributed by atoms with E-state index in [9.17, 15) is 13.6 Å². The number of nitrogens with one attached hydrogen (secondary N) is 1. The summed E-state index contributed by atoms with van der Waals surface area (Å²) in [5, 5.41) is 2.71. The first-order chi connectivity index (χ1) is 10.1. The number of hydrogen-bond acceptors (Lipinski definition) is 4. The zero-order valence-electron chi connectivity index (χ0n) is 11.8. The molecule has 0 unspecified atom stereocenters. The zero-order chi connectivity index (χ0) is 15.5. The Bertz CT molecular complexity index is 412. The minimum absolute atomic E-state index is 0.0214. The van der Waals surface area contributed by atoms with Gasteiger partial charge in [0.15, 0.2) is 0 Å². The van der Waals surface area contributed by atoms with Crippen LogP contribution in [0.25, 0.3) is 0 Å². The van der Waals surface area contributed by atoms with E-state index in [1.54, 1.807) is 7.11 Å². The van der Waals surface area contributed by atoms with Crippen molar-refractivity contribution in [2.45, 2.75) is 13.0 Å². The predicted molar refractivity (Wildman–Crippen MR) is 72.7 cm³/mol. The van der Waals surface area contributed by atoms with E-state index in [0.29, 0.717) is 38.3 Å². The molecule has 1 aromatic rings. The molecule has 1 rings (SSSR count). The van der Waals surface area contributed by atoms with Gasteiger partial charge in [0.1, 0.15) is 5.75 Å². The first kappa shape index (κ1) is 17.3. The maximum atomic E-state index is 12.0. The first-order valence-electron chi connectivity index (χ1n) is 6.53. The molecule has 0 aliphatic carbocycles. The number of alkyl halides is 2. The number of ether oxygens (including phenoxy) is 3. The molecule has 1 aromatic carbocycles. The summed E-state index contributed by atoms with van der Waals surface area (Å²) in [6, 6.07) is 5.52. The van der Waals surface area contributed by atoms with E-state index < -0.39 is 6.61 Å². The second kappa shape index (κ2) is 10.1. The van der Waals surface area contributed by atoms with Crippen LogP contribution in [0.4, 0.5) is 8.78 Å². The molecule has 5 nitrogen and oxygen atoms in total. The van der Waals surface area contributed by atoms with Crippen molar-refractivity contribution in [3.63, 3.8) is 0 Å². The molecule has 0 fully saturated rings. The summed E-state index contributed by atoms with van der Waals surface area (Å²) in [4.78, 5) is 11.8. The van der Waals surface area contributed by atoms with E-state index in [0.717, 1.165) is 0 Å². The molecule has 7 heteroatoms. The van der Waals surface area contributed by atoms with Crippen molar-refractivity contribution >= 4 is 5.91 Å². The lowest BCUT2D eigenvalue weighted by atomic mass is 10.2. The van der Waals surface area contributed by atoms with Crippen molar-refractivity contribution in [1.29, 1.82) is 0 Å². The Labute approximate surface area is 122 Å². The van der Waals surface area contributed by atoms with Gasteiger partial charge in [-0.25, -0.2) is 0 Å². The smallest absolute Gasteiger partial charge is 0.387 e. The first-order valence-corrected chi connectivity index (χ1v) is 6.53. The molecule has 0 bridgehead atoms. The lowest BCUT2D eigenvalue weighted by Gasteiger charge is -2.07. The number of carbonyl (C=O) groups excluding carboxylic acids is 1. The lowest BCUT2D eigenvalue weighted by molar-refractivity contribution is -0.0498. The van der Waals surface area contributed by atoms with Gasteiger partial charge in [0.05, 0.1) is 13.2 Å². The van der Waals surface area contributed by atoms with Crippen LogP contribution >= 0.6 is 0 Å². The fraction of sp³-hybridized carbons (Fsp3) is 0.500. The summed E-state index contributed by atoms with van der Waals surface area (Å²) in [6.45, 7) is -0.802. The zero-order valence-corrected chi connectivity index (χ0v) is 11.8. The fourth-order valence-electron chi connectivity index (χ4n) is 1.51. The van der Waals surface area contributed by atoms with Crippen LogP contribution in [0.5, 0.6) is 5.75 Å². The summed E-state index contributed by atoms with van der Waals surface area (Å²) < 4.78 is 38.2. The number of carbonyl (C=O) groups is 1. The number of halogens is 2. The van der Waals surface area contributed by atoms with Gasteiger partial charge in [0, 0.05) is 25.8 Å². The van der Waals surface area contributed by atoms with E-state index in [-0.39, 0.29) is 11.7 Å². The van der Waals surface area contributed by atoms with Gasteiger partial charge in [0.2, 0.25) is 0 Å². The highest BCUT2D eigenvalue weighted by Crippen LogP contribution is 2.14. The topological polar surface area (TPSA) is 56.8 Å². The molecule has 0 heterocycles. The van der Waals surface area contributed by atoms with Crippen molar-refractivity contribution in [3.8, 4) is 5.75 Å². The van der Waals surface area contributed by atoms with Crippen LogP contribution in [0.1, 0.15) is 16.8 Å². The second-order valence-corrected chi connectivity index (χ2v) is 4.12. The van der Waals surface area contributed by atoms with Gasteiger partial charge in [-0.1, -0.05) is 0 Å². The third-order valence-electron chi connectivity index (χ3n) is 2.52. The van der Waals surface area contributed by atoms with Crippen LogP contribution in [0.3, 0.4) is 0 Å². The largest absolute Gasteiger partial charge is 0.435 e. The Balaban J connectivity index is 2.22. The third-order valence-corrected chi connectivity index (χ3v) is 2.52. The van der Waals surface area contributed by atoms with Gasteiger partial charge in [0.25, 0.3) is 5.91 Å². The van der Waals surface area contributed by atoms with Crippen LogP contribution in [-0.2, 0) is 9.47 Å². The van der Waals surface area contributed by atoms with Crippen LogP contribution in [0.15, 0.2) is 24.3 Å². The van der Waals surface area contributed by atoms with E-state index >= 15 is 0 Å². The highest BCUT2D eigenvalue weighted by atomic mass is 19.3. The molecule has 118 valence electrons. The van der Waals surface area contributed by atoms with Crippen molar-refractivity contribution in [1.82, 2.24) is 5.32 Å². The Hall–Kier alpha value is -1.73. The third kappa shape index (κ3) is 7.57. The van der Waals surface area contributed by atoms with Crippen LogP contribution in [0.2, 0.25) is 0 Å². The minimum Gasteiger partial charge on any atom is -0.435 e. The average Bonchev–Trinajstić information content (AvgIpc) is 2.46. The SMILES string of the molecule is COCCOCCCNC(=O)c1ccc(OC(F)F)cc1. The number of rotatable bonds is 10. The molecule has 0 atom stereocenters. The molecular weight excluding hydrogens is 284 g/mol. The number of methoxy groups -OCH3 is 1. The average molecular weight is 303 g/mol. The molecule has 0 saturated heterocycles. The number of amides is 1. The summed E-state index contributed by atoms with van der Waals surface area (Å²) in [7, 11) is 1.60. The maximum absolute atomic E-state index is 12.0. The van der Waals surface area contributed by atoms with Crippen LogP contribution < -0.4 is 10.1 Å². The molecule has 0 aromatic heterocycles. The number of benzene rings is 1. The molecule has 1 amide bonds. The summed E-state index contributed by atoms with van der Waals surface area (Å²) in [5.74, 6) is -0.247. The molecule has 0 saturated carbocycles. The fourth-order valence-corrected chi connectivity index (χ4v) is 1.51. The highest BCUT2D eigenvalue weighted by Gasteiger charge is 2.07. The Morgan fingerprint density at radius 1 is 1.19 bits per heavy atom. The van der Waals surface area contributed by atoms with Crippen molar-refractivity contribution in [3.05, 3.63) is 29.8 Å². The molecule has 0 radical (unpaired) electrons. The van der Waals surface area contributed by atoms with Crippen molar-refractivity contribution in [2.24, 2.45) is 0 Å². The molecule has 0 aliphatic rings. The molecular formula is C14H19F2NO4. The van der Waals surface area contributed by atoms with Gasteiger partial charge >= 0.3 is 6.61 Å². The quantitative estimate of drug-likeness (QED) is 0.672. The number of hydrogen-bond donors (Lipinski definition) is 1. The normalized spacial score (nSPS) is 10.7. The van der Waals surface area contributed by atoms with Gasteiger partial charge in [-0.3, -0.25) is 4.79 Å². The highest BCUT2D eigenvalue weighted by molar-refractivity contribution is 5.94. The molecule has 0 aliphatic heterocycles. The van der Waals surface area contributed by atoms with Gasteiger partial charge in [-0.05, 0) is 30.7 Å². The summed E-state index contributed by atoms with van der Waals surface area (Å²) >= 11 is 0. The summed E-state index contributed by atoms with van der Waals surface area (Å²) in [6.07, 6.45) is 0.683. The second-order valence-electron chi connectivity index (χ2n) is 4.12. The maximum Gasteiger partial charge on any atom is 0.387 e. The standard InChI is InChI=1S/C14H19F2NO4/c1-19-9-10-20-8-2-7-17-13(18)11-3-5-12(6-4-11)21-14(15)16/h3-6,14H,2,7-10H2,1H3,(H,17,18). The monoisotopic (exact) mass is 303 g/mol. The summed E-state index contributed by atoms with van der Waals surface area (Å²) in [5.41, 5.74) is 0.386. The van der Waals surface area contributed by atoms with Crippen LogP contribution in [-0.4, -0.2) is 46.0 Å². The predicted octanol–water partition coefficient (Wildman–Crippen LogP) is 2.07. The molecule has 0 spiro atoms. The lowest BCUT2D eigenvalue weighted by Crippen LogP contribution is -2.25. The minimum atomic E-state index is -2.87.